The Hall–Kier alpha value is 0. The molecule has 0 spiro atoms. The summed E-state index contributed by atoms with van der Waals surface area (Å²) in [5.41, 5.74) is 0. The largest absolute Gasteiger partial charge is 0.0622 e. The van der Waals surface area contributed by atoms with Crippen molar-refractivity contribution in [2.75, 3.05) is 0 Å². The predicted octanol–water partition coefficient (Wildman–Crippen LogP) is 2.93. The van der Waals surface area contributed by atoms with Crippen molar-refractivity contribution in [1.29, 1.82) is 0 Å². The van der Waals surface area contributed by atoms with E-state index < -0.39 is 0 Å². The van der Waals surface area contributed by atoms with Crippen molar-refractivity contribution in [3.63, 3.8) is 0 Å². The van der Waals surface area contributed by atoms with Crippen molar-refractivity contribution < 1.29 is 0 Å². The molecule has 0 saturated heterocycles. The van der Waals surface area contributed by atoms with Crippen LogP contribution in [0.25, 0.3) is 0 Å². The van der Waals surface area contributed by atoms with Crippen molar-refractivity contribution >= 4 is 0 Å². The fraction of sp³-hybridized carbons (Fsp3) is 1.00. The van der Waals surface area contributed by atoms with Crippen LogP contribution in [-0.2, 0) is 0 Å². The average Bonchev–Trinajstić information content (AvgIpc) is 2.93. The van der Waals surface area contributed by atoms with Gasteiger partial charge < -0.3 is 0 Å². The highest BCUT2D eigenvalue weighted by molar-refractivity contribution is 5.12. The Morgan fingerprint density at radius 1 is 0.750 bits per heavy atom. The van der Waals surface area contributed by atoms with Crippen LogP contribution in [0, 0.1) is 41.4 Å². The first-order valence-corrected chi connectivity index (χ1v) is 5.84. The SMILES string of the molecule is C[C@H]1C[C@H]2C[C@@H]2[C@@H]2[C@@H]3C[C@@H]3C[C@@H]21. The molecule has 7 atom stereocenters. The first kappa shape index (κ1) is 6.45. The van der Waals surface area contributed by atoms with E-state index in [2.05, 4.69) is 6.92 Å². The lowest BCUT2D eigenvalue weighted by Crippen LogP contribution is -2.26. The molecular weight excluding hydrogens is 144 g/mol. The van der Waals surface area contributed by atoms with E-state index >= 15 is 0 Å². The van der Waals surface area contributed by atoms with Gasteiger partial charge in [-0.2, -0.15) is 0 Å². The molecule has 0 aromatic heterocycles. The third-order valence-corrected chi connectivity index (χ3v) is 5.42. The fourth-order valence-corrected chi connectivity index (χ4v) is 4.75. The quantitative estimate of drug-likeness (QED) is 0.514. The zero-order chi connectivity index (χ0) is 7.87. The van der Waals surface area contributed by atoms with E-state index in [1.54, 1.807) is 25.7 Å². The number of fused-ring (bicyclic) bond motifs is 5. The van der Waals surface area contributed by atoms with Crippen LogP contribution >= 0.6 is 0 Å². The van der Waals surface area contributed by atoms with Crippen LogP contribution < -0.4 is 0 Å². The van der Waals surface area contributed by atoms with Gasteiger partial charge in [0.15, 0.2) is 0 Å². The minimum absolute atomic E-state index is 1.09. The molecule has 0 N–H and O–H groups in total. The summed E-state index contributed by atoms with van der Waals surface area (Å²) in [5.74, 6) is 8.35. The van der Waals surface area contributed by atoms with Gasteiger partial charge in [-0.25, -0.2) is 0 Å². The van der Waals surface area contributed by atoms with Crippen LogP contribution in [0.1, 0.15) is 32.6 Å². The monoisotopic (exact) mass is 162 g/mol. The zero-order valence-corrected chi connectivity index (χ0v) is 7.87. The summed E-state index contributed by atoms with van der Waals surface area (Å²) in [4.78, 5) is 0. The Morgan fingerprint density at radius 2 is 1.33 bits per heavy atom. The van der Waals surface area contributed by atoms with E-state index in [0.717, 1.165) is 5.92 Å². The summed E-state index contributed by atoms with van der Waals surface area (Å²) in [6.07, 6.45) is 6.46. The average molecular weight is 162 g/mol. The third-order valence-electron chi connectivity index (χ3n) is 5.42. The van der Waals surface area contributed by atoms with Crippen molar-refractivity contribution in [2.45, 2.75) is 32.6 Å². The first-order valence-electron chi connectivity index (χ1n) is 5.84. The Labute approximate surface area is 74.7 Å². The van der Waals surface area contributed by atoms with E-state index in [1.807, 2.05) is 0 Å². The molecular formula is C12H18. The van der Waals surface area contributed by atoms with Gasteiger partial charge in [-0.3, -0.25) is 0 Å². The first-order chi connectivity index (χ1) is 5.84. The Morgan fingerprint density at radius 3 is 2.08 bits per heavy atom. The highest BCUT2D eigenvalue weighted by Crippen LogP contribution is 2.71. The van der Waals surface area contributed by atoms with E-state index in [0.29, 0.717) is 0 Å². The van der Waals surface area contributed by atoms with Gasteiger partial charge in [0.1, 0.15) is 0 Å². The van der Waals surface area contributed by atoms with Gasteiger partial charge in [0, 0.05) is 0 Å². The van der Waals surface area contributed by atoms with Gasteiger partial charge in [0.25, 0.3) is 0 Å². The standard InChI is InChI=1S/C12H18/c1-6-2-7-4-10(7)12-9(6)3-8-5-11(8)12/h6-12H,2-5H2,1H3/t6-,7-,8-,9+,10-,11+,12+/m0/s1. The van der Waals surface area contributed by atoms with Crippen LogP contribution in [0.3, 0.4) is 0 Å². The molecule has 0 amide bonds. The van der Waals surface area contributed by atoms with Crippen molar-refractivity contribution in [3.05, 3.63) is 0 Å². The molecule has 12 heavy (non-hydrogen) atoms. The van der Waals surface area contributed by atoms with Crippen LogP contribution in [0.5, 0.6) is 0 Å². The molecule has 4 aliphatic rings. The molecule has 0 radical (unpaired) electrons. The van der Waals surface area contributed by atoms with Gasteiger partial charge in [0.2, 0.25) is 0 Å². The van der Waals surface area contributed by atoms with Crippen molar-refractivity contribution in [3.8, 4) is 0 Å². The van der Waals surface area contributed by atoms with E-state index in [9.17, 15) is 0 Å². The van der Waals surface area contributed by atoms with Gasteiger partial charge >= 0.3 is 0 Å². The number of hydrogen-bond acceptors (Lipinski definition) is 0. The van der Waals surface area contributed by atoms with Gasteiger partial charge in [-0.05, 0) is 67.1 Å². The normalized spacial score (nSPS) is 71.2. The minimum Gasteiger partial charge on any atom is -0.0622 e. The lowest BCUT2D eigenvalue weighted by Gasteiger charge is -2.33. The lowest BCUT2D eigenvalue weighted by molar-refractivity contribution is 0.157. The molecule has 66 valence electrons. The molecule has 0 bridgehead atoms. The molecule has 4 aliphatic carbocycles. The molecule has 0 heteroatoms. The second-order valence-electron chi connectivity index (χ2n) is 6.01. The number of rotatable bonds is 0. The smallest absolute Gasteiger partial charge is 0.0321 e. The Bertz CT molecular complexity index is 232. The maximum Gasteiger partial charge on any atom is -0.0321 e. The molecule has 0 aromatic carbocycles. The second kappa shape index (κ2) is 1.76. The molecule has 0 heterocycles. The summed E-state index contributed by atoms with van der Waals surface area (Å²) in [6.45, 7) is 2.52. The van der Waals surface area contributed by atoms with E-state index in [1.165, 1.54) is 35.5 Å². The summed E-state index contributed by atoms with van der Waals surface area (Å²) in [6, 6.07) is 0. The molecule has 0 aromatic rings. The van der Waals surface area contributed by atoms with Crippen LogP contribution in [-0.4, -0.2) is 0 Å². The van der Waals surface area contributed by atoms with Gasteiger partial charge in [0.05, 0.1) is 0 Å². The summed E-state index contributed by atoms with van der Waals surface area (Å²) >= 11 is 0. The lowest BCUT2D eigenvalue weighted by atomic mass is 9.72. The maximum atomic E-state index is 2.52. The topological polar surface area (TPSA) is 0 Å². The predicted molar refractivity (Wildman–Crippen MR) is 48.6 cm³/mol. The highest BCUT2D eigenvalue weighted by Gasteiger charge is 2.63. The molecule has 0 unspecified atom stereocenters. The van der Waals surface area contributed by atoms with Gasteiger partial charge in [-0.15, -0.1) is 0 Å². The second-order valence-corrected chi connectivity index (χ2v) is 6.01. The van der Waals surface area contributed by atoms with Crippen LogP contribution in [0.15, 0.2) is 0 Å². The number of hydrogen-bond donors (Lipinski definition) is 0. The van der Waals surface area contributed by atoms with Crippen molar-refractivity contribution in [1.82, 2.24) is 0 Å². The summed E-state index contributed by atoms with van der Waals surface area (Å²) < 4.78 is 0. The molecule has 4 saturated carbocycles. The summed E-state index contributed by atoms with van der Waals surface area (Å²) in [5, 5.41) is 0. The third kappa shape index (κ3) is 0.625. The molecule has 0 nitrogen and oxygen atoms in total. The van der Waals surface area contributed by atoms with Gasteiger partial charge in [-0.1, -0.05) is 6.92 Å². The zero-order valence-electron chi connectivity index (χ0n) is 7.87. The maximum absolute atomic E-state index is 2.52. The minimum atomic E-state index is 1.09. The Balaban J connectivity index is 1.70. The Kier molecular flexibility index (Phi) is 0.946. The van der Waals surface area contributed by atoms with Crippen LogP contribution in [0.4, 0.5) is 0 Å². The molecule has 4 fully saturated rings. The highest BCUT2D eigenvalue weighted by atomic mass is 14.7. The van der Waals surface area contributed by atoms with E-state index in [-0.39, 0.29) is 0 Å². The van der Waals surface area contributed by atoms with E-state index in [4.69, 9.17) is 0 Å². The fourth-order valence-electron chi connectivity index (χ4n) is 4.75. The summed E-state index contributed by atoms with van der Waals surface area (Å²) in [7, 11) is 0. The van der Waals surface area contributed by atoms with Crippen molar-refractivity contribution in [2.24, 2.45) is 41.4 Å². The molecule has 4 rings (SSSR count). The molecule has 0 aliphatic heterocycles. The van der Waals surface area contributed by atoms with Crippen LogP contribution in [0.2, 0.25) is 0 Å².